The van der Waals surface area contributed by atoms with Gasteiger partial charge in [0.05, 0.1) is 0 Å². The summed E-state index contributed by atoms with van der Waals surface area (Å²) in [6, 6.07) is 16.7. The van der Waals surface area contributed by atoms with Gasteiger partial charge in [0.2, 0.25) is 0 Å². The second-order valence-corrected chi connectivity index (χ2v) is 6.93. The number of nitrogens with one attached hydrogen (secondary N) is 1. The van der Waals surface area contributed by atoms with Crippen molar-refractivity contribution in [3.05, 3.63) is 60.2 Å². The standard InChI is InChI=1S/C24H27N3O4/c1-4-27(18(2)3)21-10-8-20(9-11-21)26-23(28)17-31-24(29)14-7-19-5-12-22(13-6-19)30-16-15-25/h5-14,18H,4,16-17H2,1-3H3,(H,26,28)/b14-7+. The summed E-state index contributed by atoms with van der Waals surface area (Å²) in [6.07, 6.45) is 2.82. The van der Waals surface area contributed by atoms with Crippen LogP contribution in [0.2, 0.25) is 0 Å². The lowest BCUT2D eigenvalue weighted by Crippen LogP contribution is -2.30. The first-order valence-corrected chi connectivity index (χ1v) is 10.0. The number of carbonyl (C=O) groups excluding carboxylic acids is 2. The van der Waals surface area contributed by atoms with Crippen LogP contribution in [0.15, 0.2) is 54.6 Å². The van der Waals surface area contributed by atoms with Gasteiger partial charge >= 0.3 is 5.97 Å². The monoisotopic (exact) mass is 421 g/mol. The van der Waals surface area contributed by atoms with Gasteiger partial charge in [0.15, 0.2) is 13.2 Å². The molecule has 0 aliphatic rings. The molecule has 0 spiro atoms. The number of amides is 1. The first kappa shape index (κ1) is 23.5. The number of benzene rings is 2. The lowest BCUT2D eigenvalue weighted by Gasteiger charge is -2.27. The summed E-state index contributed by atoms with van der Waals surface area (Å²) >= 11 is 0. The lowest BCUT2D eigenvalue weighted by atomic mass is 10.2. The van der Waals surface area contributed by atoms with Gasteiger partial charge in [0.25, 0.3) is 5.91 Å². The molecule has 0 atom stereocenters. The number of esters is 1. The summed E-state index contributed by atoms with van der Waals surface area (Å²) in [5, 5.41) is 11.2. The summed E-state index contributed by atoms with van der Waals surface area (Å²) in [7, 11) is 0. The van der Waals surface area contributed by atoms with Crippen molar-refractivity contribution >= 4 is 29.3 Å². The Morgan fingerprint density at radius 3 is 2.39 bits per heavy atom. The van der Waals surface area contributed by atoms with Crippen molar-refractivity contribution in [3.63, 3.8) is 0 Å². The van der Waals surface area contributed by atoms with E-state index in [1.807, 2.05) is 30.3 Å². The molecule has 0 aliphatic carbocycles. The average molecular weight is 421 g/mol. The quantitative estimate of drug-likeness (QED) is 0.460. The Kier molecular flexibility index (Phi) is 9.12. The van der Waals surface area contributed by atoms with Crippen LogP contribution < -0.4 is 15.0 Å². The minimum absolute atomic E-state index is 0.0250. The predicted molar refractivity (Wildman–Crippen MR) is 121 cm³/mol. The molecule has 0 radical (unpaired) electrons. The molecule has 162 valence electrons. The number of ether oxygens (including phenoxy) is 2. The Labute approximate surface area is 182 Å². The molecule has 0 unspecified atom stereocenters. The van der Waals surface area contributed by atoms with Crippen molar-refractivity contribution < 1.29 is 19.1 Å². The van der Waals surface area contributed by atoms with Crippen molar-refractivity contribution in [2.24, 2.45) is 0 Å². The molecule has 7 heteroatoms. The van der Waals surface area contributed by atoms with Gasteiger partial charge in [0.1, 0.15) is 11.8 Å². The number of rotatable bonds is 10. The molecule has 2 aromatic carbocycles. The topological polar surface area (TPSA) is 91.7 Å². The molecule has 0 aromatic heterocycles. The van der Waals surface area contributed by atoms with Crippen LogP contribution >= 0.6 is 0 Å². The Morgan fingerprint density at radius 1 is 1.13 bits per heavy atom. The van der Waals surface area contributed by atoms with E-state index in [1.54, 1.807) is 30.3 Å². The molecule has 0 heterocycles. The summed E-state index contributed by atoms with van der Waals surface area (Å²) < 4.78 is 10.1. The van der Waals surface area contributed by atoms with Gasteiger partial charge in [-0.2, -0.15) is 5.26 Å². The third-order valence-electron chi connectivity index (χ3n) is 4.39. The van der Waals surface area contributed by atoms with Crippen molar-refractivity contribution in [2.45, 2.75) is 26.8 Å². The number of hydrogen-bond acceptors (Lipinski definition) is 6. The fraction of sp³-hybridized carbons (Fsp3) is 0.292. The fourth-order valence-electron chi connectivity index (χ4n) is 2.92. The average Bonchev–Trinajstić information content (AvgIpc) is 2.77. The van der Waals surface area contributed by atoms with E-state index in [0.717, 1.165) is 17.8 Å². The largest absolute Gasteiger partial charge is 0.479 e. The molecule has 2 rings (SSSR count). The van der Waals surface area contributed by atoms with Gasteiger partial charge in [-0.1, -0.05) is 12.1 Å². The summed E-state index contributed by atoms with van der Waals surface area (Å²) in [6.45, 7) is 6.84. The van der Waals surface area contributed by atoms with Crippen LogP contribution in [0, 0.1) is 11.3 Å². The third kappa shape index (κ3) is 7.86. The van der Waals surface area contributed by atoms with Crippen molar-refractivity contribution in [2.75, 3.05) is 30.0 Å². The van der Waals surface area contributed by atoms with Gasteiger partial charge < -0.3 is 19.7 Å². The Morgan fingerprint density at radius 2 is 1.81 bits per heavy atom. The van der Waals surface area contributed by atoms with Crippen LogP contribution in [0.25, 0.3) is 6.08 Å². The summed E-state index contributed by atoms with van der Waals surface area (Å²) in [4.78, 5) is 26.1. The van der Waals surface area contributed by atoms with Crippen LogP contribution in [-0.2, 0) is 14.3 Å². The maximum Gasteiger partial charge on any atom is 0.331 e. The van der Waals surface area contributed by atoms with E-state index in [1.165, 1.54) is 6.08 Å². The summed E-state index contributed by atoms with van der Waals surface area (Å²) in [5.41, 5.74) is 2.48. The SMILES string of the molecule is CCN(c1ccc(NC(=O)COC(=O)/C=C/c2ccc(OCC#N)cc2)cc1)C(C)C. The van der Waals surface area contributed by atoms with Gasteiger partial charge in [-0.05, 0) is 68.8 Å². The molecule has 0 aliphatic heterocycles. The van der Waals surface area contributed by atoms with E-state index >= 15 is 0 Å². The van der Waals surface area contributed by atoms with Gasteiger partial charge in [-0.3, -0.25) is 4.79 Å². The molecule has 0 saturated carbocycles. The molecule has 1 N–H and O–H groups in total. The molecule has 1 amide bonds. The number of carbonyl (C=O) groups is 2. The van der Waals surface area contributed by atoms with Crippen LogP contribution in [-0.4, -0.2) is 37.7 Å². The van der Waals surface area contributed by atoms with Crippen LogP contribution in [0.5, 0.6) is 5.75 Å². The zero-order chi connectivity index (χ0) is 22.6. The molecule has 0 saturated heterocycles. The van der Waals surface area contributed by atoms with E-state index in [9.17, 15) is 9.59 Å². The molecule has 0 fully saturated rings. The maximum atomic E-state index is 12.0. The van der Waals surface area contributed by atoms with Crippen LogP contribution in [0.1, 0.15) is 26.3 Å². The molecule has 2 aromatic rings. The van der Waals surface area contributed by atoms with E-state index < -0.39 is 11.9 Å². The highest BCUT2D eigenvalue weighted by molar-refractivity contribution is 5.94. The van der Waals surface area contributed by atoms with Crippen molar-refractivity contribution in [3.8, 4) is 11.8 Å². The number of hydrogen-bond donors (Lipinski definition) is 1. The maximum absolute atomic E-state index is 12.0. The Hall–Kier alpha value is -3.79. The first-order chi connectivity index (χ1) is 14.9. The van der Waals surface area contributed by atoms with Gasteiger partial charge in [-0.25, -0.2) is 4.79 Å². The minimum atomic E-state index is -0.620. The highest BCUT2D eigenvalue weighted by Crippen LogP contribution is 2.20. The Balaban J connectivity index is 1.79. The zero-order valence-corrected chi connectivity index (χ0v) is 18.0. The molecule has 0 bridgehead atoms. The second-order valence-electron chi connectivity index (χ2n) is 6.93. The van der Waals surface area contributed by atoms with Gasteiger partial charge in [-0.15, -0.1) is 0 Å². The van der Waals surface area contributed by atoms with E-state index in [-0.39, 0.29) is 13.2 Å². The van der Waals surface area contributed by atoms with Crippen molar-refractivity contribution in [1.82, 2.24) is 0 Å². The highest BCUT2D eigenvalue weighted by Gasteiger charge is 2.09. The molecule has 7 nitrogen and oxygen atoms in total. The minimum Gasteiger partial charge on any atom is -0.479 e. The van der Waals surface area contributed by atoms with E-state index in [4.69, 9.17) is 14.7 Å². The zero-order valence-electron chi connectivity index (χ0n) is 18.0. The number of nitriles is 1. The molecular formula is C24H27N3O4. The summed E-state index contributed by atoms with van der Waals surface area (Å²) in [5.74, 6) is -0.465. The smallest absolute Gasteiger partial charge is 0.331 e. The first-order valence-electron chi connectivity index (χ1n) is 10.0. The van der Waals surface area contributed by atoms with Gasteiger partial charge in [0, 0.05) is 30.0 Å². The Bertz CT molecular complexity index is 929. The fourth-order valence-corrected chi connectivity index (χ4v) is 2.92. The number of nitrogens with zero attached hydrogens (tertiary/aromatic N) is 2. The van der Waals surface area contributed by atoms with E-state index in [2.05, 4.69) is 31.0 Å². The highest BCUT2D eigenvalue weighted by atomic mass is 16.5. The normalized spacial score (nSPS) is 10.5. The van der Waals surface area contributed by atoms with E-state index in [0.29, 0.717) is 17.5 Å². The predicted octanol–water partition coefficient (Wildman–Crippen LogP) is 4.02. The van der Waals surface area contributed by atoms with Crippen LogP contribution in [0.3, 0.4) is 0 Å². The lowest BCUT2D eigenvalue weighted by molar-refractivity contribution is -0.142. The number of anilines is 2. The van der Waals surface area contributed by atoms with Crippen LogP contribution in [0.4, 0.5) is 11.4 Å². The molecular weight excluding hydrogens is 394 g/mol. The second kappa shape index (κ2) is 12.0. The van der Waals surface area contributed by atoms with Crippen molar-refractivity contribution in [1.29, 1.82) is 5.26 Å². The third-order valence-corrected chi connectivity index (χ3v) is 4.39. The molecule has 31 heavy (non-hydrogen) atoms.